The number of hydrogen-bond donors (Lipinski definition) is 2. The van der Waals surface area contributed by atoms with Gasteiger partial charge < -0.3 is 19.5 Å². The van der Waals surface area contributed by atoms with Crippen molar-refractivity contribution in [3.8, 4) is 18.1 Å². The Morgan fingerprint density at radius 2 is 2.09 bits per heavy atom. The zero-order chi connectivity index (χ0) is 22.6. The third kappa shape index (κ3) is 4.79. The van der Waals surface area contributed by atoms with E-state index in [1.54, 1.807) is 11.1 Å². The van der Waals surface area contributed by atoms with Crippen LogP contribution >= 0.6 is 0 Å². The van der Waals surface area contributed by atoms with Crippen LogP contribution in [0.5, 0.6) is 5.75 Å². The summed E-state index contributed by atoms with van der Waals surface area (Å²) in [6.45, 7) is 4.79. The van der Waals surface area contributed by atoms with E-state index in [2.05, 4.69) is 27.3 Å². The van der Waals surface area contributed by atoms with Gasteiger partial charge >= 0.3 is 6.03 Å². The van der Waals surface area contributed by atoms with E-state index in [1.165, 1.54) is 0 Å². The lowest BCUT2D eigenvalue weighted by atomic mass is 9.89. The van der Waals surface area contributed by atoms with Gasteiger partial charge in [-0.2, -0.15) is 0 Å². The predicted octanol–water partition coefficient (Wildman–Crippen LogP) is 3.30. The van der Waals surface area contributed by atoms with Gasteiger partial charge in [-0.25, -0.2) is 9.78 Å². The first-order valence-corrected chi connectivity index (χ1v) is 11.2. The molecule has 1 aromatic carbocycles. The molecule has 0 atom stereocenters. The Morgan fingerprint density at radius 3 is 2.78 bits per heavy atom. The first-order valence-electron chi connectivity index (χ1n) is 11.2. The molecule has 0 bridgehead atoms. The average Bonchev–Trinajstić information content (AvgIpc) is 2.80. The number of terminal acetylenes is 1. The molecule has 8 nitrogen and oxygen atoms in total. The number of hydrogen-bond acceptors (Lipinski definition) is 6. The van der Waals surface area contributed by atoms with Gasteiger partial charge in [-0.05, 0) is 50.2 Å². The van der Waals surface area contributed by atoms with Gasteiger partial charge in [0.05, 0.1) is 23.9 Å². The Labute approximate surface area is 188 Å². The summed E-state index contributed by atoms with van der Waals surface area (Å²) in [6.07, 6.45) is 10.0. The highest BCUT2D eigenvalue weighted by Gasteiger charge is 2.33. The summed E-state index contributed by atoms with van der Waals surface area (Å²) < 4.78 is 11.3. The summed E-state index contributed by atoms with van der Waals surface area (Å²) in [6, 6.07) is 3.75. The molecule has 2 aliphatic heterocycles. The number of carbonyl (C=O) groups is 1. The number of nitrogens with zero attached hydrogens (tertiary/aromatic N) is 3. The molecular weight excluding hydrogens is 408 g/mol. The molecule has 0 radical (unpaired) electrons. The van der Waals surface area contributed by atoms with Crippen molar-refractivity contribution in [1.82, 2.24) is 14.9 Å². The normalized spacial score (nSPS) is 18.8. The highest BCUT2D eigenvalue weighted by molar-refractivity contribution is 5.91. The number of rotatable bonds is 5. The summed E-state index contributed by atoms with van der Waals surface area (Å²) in [5.41, 5.74) is 1.70. The Kier molecular flexibility index (Phi) is 6.77. The van der Waals surface area contributed by atoms with Gasteiger partial charge in [-0.3, -0.25) is 10.3 Å². The van der Waals surface area contributed by atoms with Crippen LogP contribution in [0.1, 0.15) is 50.5 Å². The second-order valence-corrected chi connectivity index (χ2v) is 8.45. The molecule has 8 heteroatoms. The molecule has 3 heterocycles. The number of carbonyl (C=O) groups excluding carboxylic acids is 1. The summed E-state index contributed by atoms with van der Waals surface area (Å²) in [5.74, 6) is 3.91. The predicted molar refractivity (Wildman–Crippen MR) is 122 cm³/mol. The molecule has 170 valence electrons. The first kappa shape index (κ1) is 22.3. The number of benzene rings is 1. The van der Waals surface area contributed by atoms with Crippen molar-refractivity contribution in [3.63, 3.8) is 0 Å². The second kappa shape index (κ2) is 9.72. The molecule has 1 aromatic heterocycles. The maximum atomic E-state index is 12.8. The summed E-state index contributed by atoms with van der Waals surface area (Å²) in [4.78, 5) is 23.8. The van der Waals surface area contributed by atoms with Crippen LogP contribution in [0.3, 0.4) is 0 Å². The fourth-order valence-corrected chi connectivity index (χ4v) is 4.45. The zero-order valence-corrected chi connectivity index (χ0v) is 18.5. The highest BCUT2D eigenvalue weighted by atomic mass is 16.5. The van der Waals surface area contributed by atoms with E-state index in [-0.39, 0.29) is 6.03 Å². The van der Waals surface area contributed by atoms with Crippen LogP contribution in [0, 0.1) is 12.3 Å². The molecule has 2 saturated heterocycles. The number of nitrogens with one attached hydrogen (secondary N) is 1. The molecule has 4 rings (SSSR count). The van der Waals surface area contributed by atoms with Crippen LogP contribution < -0.4 is 10.1 Å². The van der Waals surface area contributed by atoms with Crippen molar-refractivity contribution < 1.29 is 19.4 Å². The third-order valence-electron chi connectivity index (χ3n) is 6.30. The number of urea groups is 1. The average molecular weight is 439 g/mol. The van der Waals surface area contributed by atoms with E-state index >= 15 is 0 Å². The minimum absolute atomic E-state index is 0.264. The molecule has 0 unspecified atom stereocenters. The van der Waals surface area contributed by atoms with Crippen LogP contribution in [0.4, 0.5) is 10.6 Å². The van der Waals surface area contributed by atoms with Crippen LogP contribution in [0.2, 0.25) is 0 Å². The standard InChI is InChI=1S/C24H30N4O4/c1-3-9-24(30)10-12-28(13-11-24)23(29)27-20-16-25-21-18(17-7-14-31-15-8-17)5-6-19(32-4-2)22(21)26-20/h1,5-6,16-17,30H,4,7-15H2,2H3,(H,26,27,29). The van der Waals surface area contributed by atoms with E-state index in [9.17, 15) is 9.90 Å². The molecule has 2 aromatic rings. The van der Waals surface area contributed by atoms with Gasteiger partial charge in [0.2, 0.25) is 0 Å². The van der Waals surface area contributed by atoms with Crippen molar-refractivity contribution >= 4 is 22.9 Å². The van der Waals surface area contributed by atoms with Gasteiger partial charge in [0.1, 0.15) is 11.3 Å². The number of aliphatic hydroxyl groups is 1. The summed E-state index contributed by atoms with van der Waals surface area (Å²) in [5, 5.41) is 13.3. The van der Waals surface area contributed by atoms with E-state index in [1.807, 2.05) is 13.0 Å². The number of fused-ring (bicyclic) bond motifs is 1. The number of piperidine rings is 1. The quantitative estimate of drug-likeness (QED) is 0.696. The Balaban J connectivity index is 1.54. The highest BCUT2D eigenvalue weighted by Crippen LogP contribution is 2.35. The lowest BCUT2D eigenvalue weighted by Crippen LogP contribution is -2.47. The fourth-order valence-electron chi connectivity index (χ4n) is 4.45. The molecule has 2 fully saturated rings. The topological polar surface area (TPSA) is 96.8 Å². The number of anilines is 1. The number of aromatic nitrogens is 2. The fraction of sp³-hybridized carbons (Fsp3) is 0.542. The number of amides is 2. The van der Waals surface area contributed by atoms with Gasteiger partial charge in [0.25, 0.3) is 0 Å². The lowest BCUT2D eigenvalue weighted by molar-refractivity contribution is -0.00643. The maximum Gasteiger partial charge on any atom is 0.323 e. The summed E-state index contributed by atoms with van der Waals surface area (Å²) >= 11 is 0. The minimum Gasteiger partial charge on any atom is -0.492 e. The third-order valence-corrected chi connectivity index (χ3v) is 6.30. The zero-order valence-electron chi connectivity index (χ0n) is 18.5. The first-order chi connectivity index (χ1) is 15.5. The SMILES string of the molecule is C#CCC1(O)CCN(C(=O)Nc2cnc3c(C4CCOCC4)ccc(OCC)c3n2)CC1. The number of likely N-dealkylation sites (tertiary alicyclic amines) is 1. The molecule has 0 saturated carbocycles. The van der Waals surface area contributed by atoms with Gasteiger partial charge in [0, 0.05) is 32.7 Å². The Morgan fingerprint density at radius 1 is 1.34 bits per heavy atom. The van der Waals surface area contributed by atoms with E-state index < -0.39 is 5.60 Å². The van der Waals surface area contributed by atoms with E-state index in [4.69, 9.17) is 15.9 Å². The molecular formula is C24H30N4O4. The van der Waals surface area contributed by atoms with Crippen LogP contribution in [0.15, 0.2) is 18.3 Å². The van der Waals surface area contributed by atoms with Crippen LogP contribution in [0.25, 0.3) is 11.0 Å². The van der Waals surface area contributed by atoms with Gasteiger partial charge in [-0.15, -0.1) is 12.3 Å². The smallest absolute Gasteiger partial charge is 0.323 e. The molecule has 0 spiro atoms. The lowest BCUT2D eigenvalue weighted by Gasteiger charge is -2.37. The Hall–Kier alpha value is -2.89. The number of ether oxygens (including phenoxy) is 2. The van der Waals surface area contributed by atoms with Crippen LogP contribution in [-0.4, -0.2) is 64.5 Å². The van der Waals surface area contributed by atoms with Crippen molar-refractivity contribution in [2.75, 3.05) is 38.2 Å². The van der Waals surface area contributed by atoms with E-state index in [0.29, 0.717) is 62.0 Å². The van der Waals surface area contributed by atoms with Crippen molar-refractivity contribution in [2.24, 2.45) is 0 Å². The van der Waals surface area contributed by atoms with Crippen molar-refractivity contribution in [3.05, 3.63) is 23.9 Å². The molecule has 0 aliphatic carbocycles. The summed E-state index contributed by atoms with van der Waals surface area (Å²) in [7, 11) is 0. The largest absolute Gasteiger partial charge is 0.492 e. The molecule has 2 amide bonds. The maximum absolute atomic E-state index is 12.8. The molecule has 32 heavy (non-hydrogen) atoms. The second-order valence-electron chi connectivity index (χ2n) is 8.45. The van der Waals surface area contributed by atoms with Crippen molar-refractivity contribution in [1.29, 1.82) is 0 Å². The molecule has 2 aliphatic rings. The minimum atomic E-state index is -0.888. The Bertz CT molecular complexity index is 1000. The van der Waals surface area contributed by atoms with E-state index in [0.717, 1.165) is 37.1 Å². The molecule has 2 N–H and O–H groups in total. The van der Waals surface area contributed by atoms with Crippen molar-refractivity contribution in [2.45, 2.75) is 50.5 Å². The monoisotopic (exact) mass is 438 g/mol. The van der Waals surface area contributed by atoms with Crippen LogP contribution in [-0.2, 0) is 4.74 Å². The van der Waals surface area contributed by atoms with Gasteiger partial charge in [-0.1, -0.05) is 6.07 Å². The van der Waals surface area contributed by atoms with Gasteiger partial charge in [0.15, 0.2) is 5.82 Å².